The summed E-state index contributed by atoms with van der Waals surface area (Å²) in [7, 11) is 4.17. The molecule has 0 aromatic heterocycles. The van der Waals surface area contributed by atoms with E-state index in [0.717, 1.165) is 26.1 Å². The molecule has 1 N–H and O–H groups in total. The molecule has 2 rings (SSSR count). The fourth-order valence-electron chi connectivity index (χ4n) is 2.26. The molecule has 17 heavy (non-hydrogen) atoms. The first kappa shape index (κ1) is 12.2. The normalized spacial score (nSPS) is 16.9. The van der Waals surface area contributed by atoms with Crippen molar-refractivity contribution in [2.45, 2.75) is 25.8 Å². The molecule has 1 aromatic rings. The Hall–Kier alpha value is -1.22. The maximum atomic E-state index is 5.37. The van der Waals surface area contributed by atoms with Gasteiger partial charge in [-0.05, 0) is 37.5 Å². The van der Waals surface area contributed by atoms with E-state index in [1.54, 1.807) is 0 Å². The number of hydrogen-bond donors (Lipinski definition) is 1. The van der Waals surface area contributed by atoms with Gasteiger partial charge in [-0.15, -0.1) is 0 Å². The summed E-state index contributed by atoms with van der Waals surface area (Å²) < 4.78 is 5.37. The first-order chi connectivity index (χ1) is 8.16. The van der Waals surface area contributed by atoms with Crippen LogP contribution in [0.1, 0.15) is 18.4 Å². The molecule has 1 heterocycles. The average Bonchev–Trinajstić information content (AvgIpc) is 2.32. The highest BCUT2D eigenvalue weighted by Crippen LogP contribution is 2.24. The summed E-state index contributed by atoms with van der Waals surface area (Å²) in [6.45, 7) is 3.90. The van der Waals surface area contributed by atoms with Gasteiger partial charge in [-0.25, -0.2) is 0 Å². The standard InChI is InChI=1S/C14H22N2O/c1-11-4-5-13(10-14(11)16(2)3)15-12-6-8-17-9-7-12/h4-5,10,12,15H,6-9H2,1-3H3. The lowest BCUT2D eigenvalue weighted by Gasteiger charge is -2.25. The van der Waals surface area contributed by atoms with Gasteiger partial charge < -0.3 is 15.0 Å². The Bertz CT molecular complexity index is 370. The second kappa shape index (κ2) is 5.41. The highest BCUT2D eigenvalue weighted by atomic mass is 16.5. The van der Waals surface area contributed by atoms with Crippen LogP contribution in [0.15, 0.2) is 18.2 Å². The minimum atomic E-state index is 0.557. The highest BCUT2D eigenvalue weighted by molar-refractivity contribution is 5.62. The van der Waals surface area contributed by atoms with E-state index < -0.39 is 0 Å². The van der Waals surface area contributed by atoms with E-state index in [9.17, 15) is 0 Å². The van der Waals surface area contributed by atoms with Gasteiger partial charge in [0.05, 0.1) is 0 Å². The molecule has 1 fully saturated rings. The maximum absolute atomic E-state index is 5.37. The minimum absolute atomic E-state index is 0.557. The largest absolute Gasteiger partial charge is 0.382 e. The maximum Gasteiger partial charge on any atom is 0.0485 e. The third-order valence-electron chi connectivity index (χ3n) is 3.28. The molecular weight excluding hydrogens is 212 g/mol. The molecule has 1 aliphatic rings. The number of aryl methyl sites for hydroxylation is 1. The summed E-state index contributed by atoms with van der Waals surface area (Å²) >= 11 is 0. The zero-order valence-corrected chi connectivity index (χ0v) is 11.0. The minimum Gasteiger partial charge on any atom is -0.382 e. The molecule has 94 valence electrons. The fourth-order valence-corrected chi connectivity index (χ4v) is 2.26. The van der Waals surface area contributed by atoms with Crippen molar-refractivity contribution >= 4 is 11.4 Å². The van der Waals surface area contributed by atoms with Gasteiger partial charge in [-0.2, -0.15) is 0 Å². The van der Waals surface area contributed by atoms with E-state index in [4.69, 9.17) is 4.74 Å². The molecule has 0 saturated carbocycles. The van der Waals surface area contributed by atoms with Crippen LogP contribution in [0.3, 0.4) is 0 Å². The van der Waals surface area contributed by atoms with E-state index in [1.165, 1.54) is 16.9 Å². The van der Waals surface area contributed by atoms with Gasteiger partial charge in [0.25, 0.3) is 0 Å². The summed E-state index contributed by atoms with van der Waals surface area (Å²) in [5.41, 5.74) is 3.81. The third-order valence-corrected chi connectivity index (χ3v) is 3.28. The number of hydrogen-bond acceptors (Lipinski definition) is 3. The van der Waals surface area contributed by atoms with Gasteiger partial charge in [0.2, 0.25) is 0 Å². The Labute approximate surface area is 104 Å². The van der Waals surface area contributed by atoms with Crippen LogP contribution in [0.25, 0.3) is 0 Å². The topological polar surface area (TPSA) is 24.5 Å². The Balaban J connectivity index is 2.07. The van der Waals surface area contributed by atoms with Crippen molar-refractivity contribution in [1.82, 2.24) is 0 Å². The Morgan fingerprint density at radius 2 is 1.94 bits per heavy atom. The van der Waals surface area contributed by atoms with Crippen LogP contribution >= 0.6 is 0 Å². The molecule has 1 aliphatic heterocycles. The van der Waals surface area contributed by atoms with E-state index in [0.29, 0.717) is 6.04 Å². The van der Waals surface area contributed by atoms with Gasteiger partial charge in [-0.1, -0.05) is 6.07 Å². The number of benzene rings is 1. The number of rotatable bonds is 3. The number of anilines is 2. The molecular formula is C14H22N2O. The van der Waals surface area contributed by atoms with Gasteiger partial charge in [-0.3, -0.25) is 0 Å². The Kier molecular flexibility index (Phi) is 3.89. The van der Waals surface area contributed by atoms with Crippen LogP contribution in [-0.2, 0) is 4.74 Å². The number of nitrogens with one attached hydrogen (secondary N) is 1. The monoisotopic (exact) mass is 234 g/mol. The van der Waals surface area contributed by atoms with E-state index in [2.05, 4.69) is 49.4 Å². The molecule has 0 atom stereocenters. The lowest BCUT2D eigenvalue weighted by Crippen LogP contribution is -2.27. The van der Waals surface area contributed by atoms with Crippen molar-refractivity contribution in [3.63, 3.8) is 0 Å². The van der Waals surface area contributed by atoms with Crippen LogP contribution in [0.2, 0.25) is 0 Å². The van der Waals surface area contributed by atoms with Gasteiger partial charge >= 0.3 is 0 Å². The summed E-state index contributed by atoms with van der Waals surface area (Å²) in [5.74, 6) is 0. The summed E-state index contributed by atoms with van der Waals surface area (Å²) in [6.07, 6.45) is 2.20. The molecule has 1 aromatic carbocycles. The molecule has 1 saturated heterocycles. The van der Waals surface area contributed by atoms with Crippen LogP contribution < -0.4 is 10.2 Å². The van der Waals surface area contributed by atoms with E-state index >= 15 is 0 Å². The van der Waals surface area contributed by atoms with Gasteiger partial charge in [0.15, 0.2) is 0 Å². The van der Waals surface area contributed by atoms with Crippen LogP contribution in [-0.4, -0.2) is 33.4 Å². The average molecular weight is 234 g/mol. The zero-order chi connectivity index (χ0) is 12.3. The van der Waals surface area contributed by atoms with Crippen molar-refractivity contribution in [3.8, 4) is 0 Å². The third kappa shape index (κ3) is 3.13. The number of nitrogens with zero attached hydrogens (tertiary/aromatic N) is 1. The van der Waals surface area contributed by atoms with Gasteiger partial charge in [0, 0.05) is 44.7 Å². The van der Waals surface area contributed by atoms with Crippen molar-refractivity contribution in [2.75, 3.05) is 37.5 Å². The van der Waals surface area contributed by atoms with Gasteiger partial charge in [0.1, 0.15) is 0 Å². The Morgan fingerprint density at radius 1 is 1.24 bits per heavy atom. The Morgan fingerprint density at radius 3 is 2.59 bits per heavy atom. The molecule has 3 heteroatoms. The second-order valence-corrected chi connectivity index (χ2v) is 4.93. The van der Waals surface area contributed by atoms with Crippen molar-refractivity contribution in [2.24, 2.45) is 0 Å². The first-order valence-corrected chi connectivity index (χ1v) is 6.29. The van der Waals surface area contributed by atoms with E-state index in [1.807, 2.05) is 0 Å². The van der Waals surface area contributed by atoms with Crippen molar-refractivity contribution in [1.29, 1.82) is 0 Å². The predicted octanol–water partition coefficient (Wildman–Crippen LogP) is 2.65. The molecule has 3 nitrogen and oxygen atoms in total. The lowest BCUT2D eigenvalue weighted by molar-refractivity contribution is 0.0904. The quantitative estimate of drug-likeness (QED) is 0.870. The molecule has 0 spiro atoms. The first-order valence-electron chi connectivity index (χ1n) is 6.29. The zero-order valence-electron chi connectivity index (χ0n) is 11.0. The second-order valence-electron chi connectivity index (χ2n) is 4.93. The summed E-state index contributed by atoms with van der Waals surface area (Å²) in [5, 5.41) is 3.60. The van der Waals surface area contributed by atoms with Crippen LogP contribution in [0.5, 0.6) is 0 Å². The summed E-state index contributed by atoms with van der Waals surface area (Å²) in [6, 6.07) is 7.13. The van der Waals surface area contributed by atoms with Crippen molar-refractivity contribution in [3.05, 3.63) is 23.8 Å². The molecule has 0 bridgehead atoms. The molecule has 0 aliphatic carbocycles. The molecule has 0 unspecified atom stereocenters. The summed E-state index contributed by atoms with van der Waals surface area (Å²) in [4.78, 5) is 2.16. The molecule has 0 radical (unpaired) electrons. The van der Waals surface area contributed by atoms with E-state index in [-0.39, 0.29) is 0 Å². The van der Waals surface area contributed by atoms with Crippen LogP contribution in [0, 0.1) is 6.92 Å². The molecule has 0 amide bonds. The lowest BCUT2D eigenvalue weighted by atomic mass is 10.1. The highest BCUT2D eigenvalue weighted by Gasteiger charge is 2.13. The fraction of sp³-hybridized carbons (Fsp3) is 0.571. The SMILES string of the molecule is Cc1ccc(NC2CCOCC2)cc1N(C)C. The number of ether oxygens (including phenoxy) is 1. The predicted molar refractivity (Wildman–Crippen MR) is 73.0 cm³/mol. The smallest absolute Gasteiger partial charge is 0.0485 e. The van der Waals surface area contributed by atoms with Crippen LogP contribution in [0.4, 0.5) is 11.4 Å². The van der Waals surface area contributed by atoms with Crippen molar-refractivity contribution < 1.29 is 4.74 Å².